The van der Waals surface area contributed by atoms with E-state index in [0.717, 1.165) is 0 Å². The Balaban J connectivity index is 3.05. The summed E-state index contributed by atoms with van der Waals surface area (Å²) in [4.78, 5) is 3.89. The van der Waals surface area contributed by atoms with E-state index in [-0.39, 0.29) is 5.03 Å². The standard InChI is InChI=1S/C12H17NO2S/c1-4-11(9-10(2)3)16(14,15)12-7-5-6-8-13-12/h4-8,10-11H,1,9H2,2-3H3. The van der Waals surface area contributed by atoms with Crippen LogP contribution in [0.25, 0.3) is 0 Å². The highest BCUT2D eigenvalue weighted by molar-refractivity contribution is 7.92. The minimum Gasteiger partial charge on any atom is -0.245 e. The molecule has 4 heteroatoms. The Morgan fingerprint density at radius 3 is 2.56 bits per heavy atom. The van der Waals surface area contributed by atoms with Gasteiger partial charge in [0.1, 0.15) is 0 Å². The third-order valence-electron chi connectivity index (χ3n) is 2.29. The highest BCUT2D eigenvalue weighted by Gasteiger charge is 2.26. The van der Waals surface area contributed by atoms with Crippen molar-refractivity contribution in [2.75, 3.05) is 0 Å². The third-order valence-corrected chi connectivity index (χ3v) is 4.30. The summed E-state index contributed by atoms with van der Waals surface area (Å²) in [6.45, 7) is 7.58. The van der Waals surface area contributed by atoms with Crippen molar-refractivity contribution >= 4 is 9.84 Å². The van der Waals surface area contributed by atoms with Crippen LogP contribution >= 0.6 is 0 Å². The second-order valence-corrected chi connectivity index (χ2v) is 6.23. The smallest absolute Gasteiger partial charge is 0.201 e. The number of hydrogen-bond acceptors (Lipinski definition) is 3. The van der Waals surface area contributed by atoms with Gasteiger partial charge in [-0.15, -0.1) is 6.58 Å². The first kappa shape index (κ1) is 12.9. The molecule has 88 valence electrons. The molecule has 1 aromatic heterocycles. The number of pyridine rings is 1. The van der Waals surface area contributed by atoms with Crippen molar-refractivity contribution < 1.29 is 8.42 Å². The maximum absolute atomic E-state index is 12.2. The van der Waals surface area contributed by atoms with E-state index in [1.165, 1.54) is 18.3 Å². The largest absolute Gasteiger partial charge is 0.245 e. The van der Waals surface area contributed by atoms with E-state index in [0.29, 0.717) is 12.3 Å². The summed E-state index contributed by atoms with van der Waals surface area (Å²) >= 11 is 0. The zero-order valence-corrected chi connectivity index (χ0v) is 10.4. The normalized spacial score (nSPS) is 13.7. The van der Waals surface area contributed by atoms with Crippen LogP contribution in [0.4, 0.5) is 0 Å². The van der Waals surface area contributed by atoms with Crippen molar-refractivity contribution in [1.29, 1.82) is 0 Å². The monoisotopic (exact) mass is 239 g/mol. The summed E-state index contributed by atoms with van der Waals surface area (Å²) < 4.78 is 24.3. The molecule has 1 aromatic rings. The molecular weight excluding hydrogens is 222 g/mol. The Bertz CT molecular complexity index is 437. The lowest BCUT2D eigenvalue weighted by molar-refractivity contribution is 0.548. The van der Waals surface area contributed by atoms with Gasteiger partial charge in [-0.05, 0) is 24.5 Å². The molecule has 0 amide bonds. The average molecular weight is 239 g/mol. The Labute approximate surface area is 97.1 Å². The molecule has 1 atom stereocenters. The van der Waals surface area contributed by atoms with E-state index in [1.54, 1.807) is 12.1 Å². The van der Waals surface area contributed by atoms with E-state index in [9.17, 15) is 8.42 Å². The highest BCUT2D eigenvalue weighted by atomic mass is 32.2. The Morgan fingerprint density at radius 1 is 1.44 bits per heavy atom. The van der Waals surface area contributed by atoms with Crippen LogP contribution < -0.4 is 0 Å². The van der Waals surface area contributed by atoms with Gasteiger partial charge in [-0.3, -0.25) is 0 Å². The molecule has 0 aromatic carbocycles. The molecule has 0 N–H and O–H groups in total. The van der Waals surface area contributed by atoms with Gasteiger partial charge in [0, 0.05) is 6.20 Å². The molecule has 0 radical (unpaired) electrons. The number of rotatable bonds is 5. The molecule has 0 fully saturated rings. The van der Waals surface area contributed by atoms with Crippen LogP contribution in [-0.2, 0) is 9.84 Å². The summed E-state index contributed by atoms with van der Waals surface area (Å²) in [6.07, 6.45) is 3.55. The van der Waals surface area contributed by atoms with Crippen molar-refractivity contribution in [3.05, 3.63) is 37.1 Å². The molecule has 0 aliphatic heterocycles. The van der Waals surface area contributed by atoms with Crippen molar-refractivity contribution in [1.82, 2.24) is 4.98 Å². The van der Waals surface area contributed by atoms with Gasteiger partial charge in [0.2, 0.25) is 9.84 Å². The molecule has 3 nitrogen and oxygen atoms in total. The molecule has 1 heterocycles. The molecule has 16 heavy (non-hydrogen) atoms. The van der Waals surface area contributed by atoms with Crippen molar-refractivity contribution in [3.63, 3.8) is 0 Å². The molecule has 0 aliphatic rings. The molecule has 0 spiro atoms. The highest BCUT2D eigenvalue weighted by Crippen LogP contribution is 2.20. The topological polar surface area (TPSA) is 47.0 Å². The van der Waals surface area contributed by atoms with E-state index < -0.39 is 15.1 Å². The minimum atomic E-state index is -3.38. The molecule has 1 rings (SSSR count). The van der Waals surface area contributed by atoms with Crippen molar-refractivity contribution in [2.24, 2.45) is 5.92 Å². The fourth-order valence-corrected chi connectivity index (χ4v) is 3.16. The van der Waals surface area contributed by atoms with Gasteiger partial charge in [-0.25, -0.2) is 13.4 Å². The van der Waals surface area contributed by atoms with Crippen molar-refractivity contribution in [2.45, 2.75) is 30.5 Å². The summed E-state index contributed by atoms with van der Waals surface area (Å²) in [5.74, 6) is 0.307. The molecule has 0 saturated carbocycles. The molecule has 0 bridgehead atoms. The molecule has 1 unspecified atom stereocenters. The van der Waals surface area contributed by atoms with Crippen LogP contribution in [0.15, 0.2) is 42.1 Å². The van der Waals surface area contributed by atoms with Gasteiger partial charge in [-0.2, -0.15) is 0 Å². The second kappa shape index (κ2) is 5.25. The van der Waals surface area contributed by atoms with Crippen LogP contribution in [-0.4, -0.2) is 18.7 Å². The van der Waals surface area contributed by atoms with E-state index >= 15 is 0 Å². The maximum atomic E-state index is 12.2. The van der Waals surface area contributed by atoms with Gasteiger partial charge in [0.25, 0.3) is 0 Å². The molecule has 0 aliphatic carbocycles. The zero-order valence-electron chi connectivity index (χ0n) is 9.63. The third kappa shape index (κ3) is 2.92. The van der Waals surface area contributed by atoms with E-state index in [4.69, 9.17) is 0 Å². The Morgan fingerprint density at radius 2 is 2.12 bits per heavy atom. The Kier molecular flexibility index (Phi) is 4.24. The lowest BCUT2D eigenvalue weighted by Gasteiger charge is -2.15. The molecular formula is C12H17NO2S. The van der Waals surface area contributed by atoms with E-state index in [2.05, 4.69) is 11.6 Å². The second-order valence-electron chi connectivity index (χ2n) is 4.12. The summed E-state index contributed by atoms with van der Waals surface area (Å²) in [7, 11) is -3.38. The van der Waals surface area contributed by atoms with Gasteiger partial charge >= 0.3 is 0 Å². The first-order chi connectivity index (χ1) is 7.48. The van der Waals surface area contributed by atoms with E-state index in [1.807, 2.05) is 13.8 Å². The predicted molar refractivity (Wildman–Crippen MR) is 64.9 cm³/mol. The average Bonchev–Trinajstić information content (AvgIpc) is 2.26. The number of nitrogens with zero attached hydrogens (tertiary/aromatic N) is 1. The lowest BCUT2D eigenvalue weighted by atomic mass is 10.1. The predicted octanol–water partition coefficient (Wildman–Crippen LogP) is 2.46. The SMILES string of the molecule is C=CC(CC(C)C)S(=O)(=O)c1ccccn1. The van der Waals surface area contributed by atoms with Crippen molar-refractivity contribution in [3.8, 4) is 0 Å². The summed E-state index contributed by atoms with van der Waals surface area (Å²) in [5.41, 5.74) is 0. The van der Waals surface area contributed by atoms with Crippen LogP contribution in [0.5, 0.6) is 0 Å². The van der Waals surface area contributed by atoms with Gasteiger partial charge in [-0.1, -0.05) is 26.0 Å². The van der Waals surface area contributed by atoms with Crippen LogP contribution in [0.1, 0.15) is 20.3 Å². The zero-order chi connectivity index (χ0) is 12.2. The quantitative estimate of drug-likeness (QED) is 0.741. The fourth-order valence-electron chi connectivity index (χ4n) is 1.48. The van der Waals surface area contributed by atoms with Crippen LogP contribution in [0.2, 0.25) is 0 Å². The van der Waals surface area contributed by atoms with Gasteiger partial charge in [0.05, 0.1) is 5.25 Å². The first-order valence-corrected chi connectivity index (χ1v) is 6.80. The lowest BCUT2D eigenvalue weighted by Crippen LogP contribution is -2.21. The number of aromatic nitrogens is 1. The van der Waals surface area contributed by atoms with Gasteiger partial charge < -0.3 is 0 Å². The minimum absolute atomic E-state index is 0.126. The summed E-state index contributed by atoms with van der Waals surface area (Å²) in [5, 5.41) is -0.428. The summed E-state index contributed by atoms with van der Waals surface area (Å²) in [6, 6.07) is 4.89. The van der Waals surface area contributed by atoms with Gasteiger partial charge in [0.15, 0.2) is 5.03 Å². The van der Waals surface area contributed by atoms with Crippen LogP contribution in [0.3, 0.4) is 0 Å². The van der Waals surface area contributed by atoms with Crippen LogP contribution in [0, 0.1) is 5.92 Å². The number of sulfone groups is 1. The molecule has 0 saturated heterocycles. The number of hydrogen-bond donors (Lipinski definition) is 0. The Hall–Kier alpha value is -1.16. The maximum Gasteiger partial charge on any atom is 0.201 e. The first-order valence-electron chi connectivity index (χ1n) is 5.26. The fraction of sp³-hybridized carbons (Fsp3) is 0.417.